The Bertz CT molecular complexity index is 1110. The lowest BCUT2D eigenvalue weighted by molar-refractivity contribution is -0.127. The lowest BCUT2D eigenvalue weighted by Crippen LogP contribution is -2.45. The van der Waals surface area contributed by atoms with Gasteiger partial charge in [0.05, 0.1) is 7.11 Å². The SMILES string of the molecule is CC#CCCC(=O)[C@H]1CC[C@H]2[C@@H]3CCC4=CC(=O)CCC4=C3[C@@H](c3ccc(OC)cc3)C[C@]12C. The van der Waals surface area contributed by atoms with Crippen LogP contribution in [0.4, 0.5) is 0 Å². The van der Waals surface area contributed by atoms with Gasteiger partial charge in [-0.05, 0) is 97.6 Å². The molecule has 0 spiro atoms. The van der Waals surface area contributed by atoms with Crippen molar-refractivity contribution in [2.24, 2.45) is 23.2 Å². The summed E-state index contributed by atoms with van der Waals surface area (Å²) in [5.74, 6) is 9.09. The van der Waals surface area contributed by atoms with Crippen molar-refractivity contribution in [2.45, 2.75) is 77.6 Å². The number of ketones is 2. The minimum atomic E-state index is 0.0156. The molecule has 1 aromatic carbocycles. The predicted octanol–water partition coefficient (Wildman–Crippen LogP) is 6.58. The van der Waals surface area contributed by atoms with Gasteiger partial charge in [0.1, 0.15) is 11.5 Å². The lowest BCUT2D eigenvalue weighted by Gasteiger charge is -2.52. The maximum absolute atomic E-state index is 13.4. The first-order valence-electron chi connectivity index (χ1n) is 13.0. The molecule has 0 aromatic heterocycles. The third-order valence-corrected chi connectivity index (χ3v) is 9.31. The normalized spacial score (nSPS) is 32.1. The minimum absolute atomic E-state index is 0.0156. The van der Waals surface area contributed by atoms with Crippen LogP contribution in [0.15, 0.2) is 47.1 Å². The Balaban J connectivity index is 1.57. The number of fused-ring (bicyclic) bond motifs is 4. The molecular weight excluding hydrogens is 420 g/mol. The number of benzene rings is 1. The Kier molecular flexibility index (Phi) is 6.28. The number of allylic oxidation sites excluding steroid dienone is 4. The molecule has 0 radical (unpaired) electrons. The molecule has 0 N–H and O–H groups in total. The fraction of sp³-hybridized carbons (Fsp3) is 0.548. The van der Waals surface area contributed by atoms with Crippen molar-refractivity contribution >= 4 is 11.6 Å². The van der Waals surface area contributed by atoms with Crippen molar-refractivity contribution in [3.05, 3.63) is 52.6 Å². The summed E-state index contributed by atoms with van der Waals surface area (Å²) in [5.41, 5.74) is 5.67. The second-order valence-electron chi connectivity index (χ2n) is 10.9. The summed E-state index contributed by atoms with van der Waals surface area (Å²) in [6.45, 7) is 4.25. The third kappa shape index (κ3) is 3.86. The molecule has 0 saturated heterocycles. The van der Waals surface area contributed by atoms with Gasteiger partial charge in [0.15, 0.2) is 5.78 Å². The van der Waals surface area contributed by atoms with Crippen LogP contribution in [0.25, 0.3) is 0 Å². The van der Waals surface area contributed by atoms with E-state index >= 15 is 0 Å². The van der Waals surface area contributed by atoms with Gasteiger partial charge in [-0.3, -0.25) is 9.59 Å². The second kappa shape index (κ2) is 9.21. The molecule has 4 aliphatic carbocycles. The number of rotatable bonds is 5. The summed E-state index contributed by atoms with van der Waals surface area (Å²) in [4.78, 5) is 25.6. The highest BCUT2D eigenvalue weighted by Crippen LogP contribution is 2.65. The first-order chi connectivity index (χ1) is 16.5. The van der Waals surface area contributed by atoms with Crippen molar-refractivity contribution in [3.8, 4) is 17.6 Å². The topological polar surface area (TPSA) is 43.4 Å². The van der Waals surface area contributed by atoms with Gasteiger partial charge < -0.3 is 4.74 Å². The first kappa shape index (κ1) is 23.2. The van der Waals surface area contributed by atoms with Crippen LogP contribution in [0.3, 0.4) is 0 Å². The van der Waals surface area contributed by atoms with Gasteiger partial charge in [0.25, 0.3) is 0 Å². The molecule has 0 bridgehead atoms. The fourth-order valence-electron chi connectivity index (χ4n) is 7.81. The van der Waals surface area contributed by atoms with Gasteiger partial charge >= 0.3 is 0 Å². The smallest absolute Gasteiger partial charge is 0.156 e. The Labute approximate surface area is 204 Å². The number of carbonyl (C=O) groups is 2. The van der Waals surface area contributed by atoms with E-state index in [-0.39, 0.29) is 17.1 Å². The van der Waals surface area contributed by atoms with E-state index < -0.39 is 0 Å². The number of hydrogen-bond donors (Lipinski definition) is 0. The van der Waals surface area contributed by atoms with Crippen LogP contribution in [0, 0.1) is 35.0 Å². The fourth-order valence-corrected chi connectivity index (χ4v) is 7.81. The van der Waals surface area contributed by atoms with E-state index in [9.17, 15) is 9.59 Å². The van der Waals surface area contributed by atoms with E-state index in [2.05, 4.69) is 43.0 Å². The van der Waals surface area contributed by atoms with Gasteiger partial charge in [-0.1, -0.05) is 24.6 Å². The third-order valence-electron chi connectivity index (χ3n) is 9.31. The van der Waals surface area contributed by atoms with Crippen molar-refractivity contribution < 1.29 is 14.3 Å². The molecule has 0 heterocycles. The Morgan fingerprint density at radius 1 is 1.12 bits per heavy atom. The molecule has 5 rings (SSSR count). The first-order valence-corrected chi connectivity index (χ1v) is 13.0. The Hall–Kier alpha value is -2.60. The molecule has 3 heteroatoms. The van der Waals surface area contributed by atoms with E-state index in [0.717, 1.165) is 44.3 Å². The Morgan fingerprint density at radius 3 is 2.65 bits per heavy atom. The van der Waals surface area contributed by atoms with Crippen LogP contribution < -0.4 is 4.74 Å². The number of Topliss-reactive ketones (excluding diaryl/α,β-unsaturated/α-hetero) is 1. The molecule has 34 heavy (non-hydrogen) atoms. The van der Waals surface area contributed by atoms with Crippen molar-refractivity contribution in [3.63, 3.8) is 0 Å². The van der Waals surface area contributed by atoms with Gasteiger partial charge in [0.2, 0.25) is 0 Å². The van der Waals surface area contributed by atoms with Crippen LogP contribution in [-0.2, 0) is 9.59 Å². The summed E-state index contributed by atoms with van der Waals surface area (Å²) >= 11 is 0. The van der Waals surface area contributed by atoms with Crippen LogP contribution in [0.2, 0.25) is 0 Å². The average molecular weight is 457 g/mol. The molecule has 2 fully saturated rings. The molecule has 178 valence electrons. The van der Waals surface area contributed by atoms with E-state index in [1.165, 1.54) is 16.7 Å². The largest absolute Gasteiger partial charge is 0.497 e. The van der Waals surface area contributed by atoms with Crippen molar-refractivity contribution in [2.75, 3.05) is 7.11 Å². The summed E-state index contributed by atoms with van der Waals surface area (Å²) < 4.78 is 5.43. The molecule has 2 saturated carbocycles. The zero-order valence-corrected chi connectivity index (χ0v) is 20.8. The molecule has 1 aromatic rings. The summed E-state index contributed by atoms with van der Waals surface area (Å²) in [6.07, 6.45) is 9.96. The zero-order chi connectivity index (χ0) is 23.9. The van der Waals surface area contributed by atoms with Crippen LogP contribution >= 0.6 is 0 Å². The Morgan fingerprint density at radius 2 is 1.91 bits per heavy atom. The molecule has 0 unspecified atom stereocenters. The molecule has 0 aliphatic heterocycles. The zero-order valence-electron chi connectivity index (χ0n) is 20.8. The van der Waals surface area contributed by atoms with Crippen LogP contribution in [0.1, 0.15) is 83.1 Å². The van der Waals surface area contributed by atoms with Crippen LogP contribution in [0.5, 0.6) is 5.75 Å². The quantitative estimate of drug-likeness (QED) is 0.470. The molecule has 3 nitrogen and oxygen atoms in total. The minimum Gasteiger partial charge on any atom is -0.497 e. The summed E-state index contributed by atoms with van der Waals surface area (Å²) in [6, 6.07) is 8.56. The molecule has 4 aliphatic rings. The van der Waals surface area contributed by atoms with Gasteiger partial charge in [-0.15, -0.1) is 11.8 Å². The highest BCUT2D eigenvalue weighted by atomic mass is 16.5. The maximum Gasteiger partial charge on any atom is 0.156 e. The lowest BCUT2D eigenvalue weighted by atomic mass is 9.51. The van der Waals surface area contributed by atoms with E-state index in [1.807, 2.05) is 13.0 Å². The van der Waals surface area contributed by atoms with E-state index in [4.69, 9.17) is 4.74 Å². The van der Waals surface area contributed by atoms with Crippen LogP contribution in [-0.4, -0.2) is 18.7 Å². The highest BCUT2D eigenvalue weighted by Gasteiger charge is 2.57. The number of methoxy groups -OCH3 is 1. The average Bonchev–Trinajstić information content (AvgIpc) is 3.20. The number of carbonyl (C=O) groups excluding carboxylic acids is 2. The molecule has 0 amide bonds. The standard InChI is InChI=1S/C31H36O3/c1-4-5-6-7-29(33)28-17-16-27-25-14-10-21-18-22(32)11-15-24(21)30(25)26(19-31(27,28)2)20-8-12-23(34-3)13-9-20/h8-9,12-13,18,25-28H,6-7,10-11,14-17,19H2,1-3H3/t25-,26+,27-,28+,31-/m0/s1. The van der Waals surface area contributed by atoms with Gasteiger partial charge in [0, 0.05) is 31.1 Å². The number of hydrogen-bond acceptors (Lipinski definition) is 3. The van der Waals surface area contributed by atoms with Gasteiger partial charge in [-0.2, -0.15) is 0 Å². The second-order valence-corrected chi connectivity index (χ2v) is 10.9. The summed E-state index contributed by atoms with van der Waals surface area (Å²) in [5, 5.41) is 0. The van der Waals surface area contributed by atoms with E-state index in [1.54, 1.807) is 12.7 Å². The van der Waals surface area contributed by atoms with Crippen molar-refractivity contribution in [1.29, 1.82) is 0 Å². The maximum atomic E-state index is 13.4. The monoisotopic (exact) mass is 456 g/mol. The highest BCUT2D eigenvalue weighted by molar-refractivity contribution is 5.93. The molecule has 5 atom stereocenters. The van der Waals surface area contributed by atoms with Gasteiger partial charge in [-0.25, -0.2) is 0 Å². The predicted molar refractivity (Wildman–Crippen MR) is 134 cm³/mol. The number of ether oxygens (including phenoxy) is 1. The summed E-state index contributed by atoms with van der Waals surface area (Å²) in [7, 11) is 1.71. The van der Waals surface area contributed by atoms with E-state index in [0.29, 0.717) is 42.8 Å². The van der Waals surface area contributed by atoms with Crippen molar-refractivity contribution in [1.82, 2.24) is 0 Å². The molecular formula is C31H36O3.